The maximum Gasteiger partial charge on any atom is 0.335 e. The SMILES string of the molecule is CC1=CC2OC3CC4OC(=O)/C=C/C=CC(C(C)O)OCCC(C)C(O)C(=O)OCC2(CC1O)C4(C)C31CO1. The first-order valence-electron chi connectivity index (χ1n) is 13.8. The van der Waals surface area contributed by atoms with Gasteiger partial charge in [0.25, 0.3) is 0 Å². The van der Waals surface area contributed by atoms with E-state index in [0.717, 1.165) is 5.57 Å². The van der Waals surface area contributed by atoms with Crippen molar-refractivity contribution in [2.24, 2.45) is 16.7 Å². The molecule has 2 aliphatic carbocycles. The van der Waals surface area contributed by atoms with Gasteiger partial charge in [-0.25, -0.2) is 9.59 Å². The molecule has 0 aromatic rings. The Hall–Kier alpha value is -2.08. The van der Waals surface area contributed by atoms with Gasteiger partial charge in [-0.3, -0.25) is 0 Å². The summed E-state index contributed by atoms with van der Waals surface area (Å²) in [4.78, 5) is 26.1. The number of esters is 2. The highest BCUT2D eigenvalue weighted by Crippen LogP contribution is 2.72. The van der Waals surface area contributed by atoms with Crippen molar-refractivity contribution in [3.8, 4) is 0 Å². The zero-order chi connectivity index (χ0) is 28.2. The minimum Gasteiger partial charge on any atom is -0.463 e. The van der Waals surface area contributed by atoms with Gasteiger partial charge in [-0.1, -0.05) is 38.2 Å². The van der Waals surface area contributed by atoms with E-state index < -0.39 is 70.9 Å². The van der Waals surface area contributed by atoms with Crippen LogP contribution in [-0.2, 0) is 33.3 Å². The normalized spacial score (nSPS) is 48.2. The van der Waals surface area contributed by atoms with E-state index in [1.165, 1.54) is 12.2 Å². The molecule has 0 aromatic heterocycles. The van der Waals surface area contributed by atoms with Crippen molar-refractivity contribution in [1.29, 1.82) is 0 Å². The molecule has 3 fully saturated rings. The molecule has 3 N–H and O–H groups in total. The van der Waals surface area contributed by atoms with Crippen LogP contribution in [0.5, 0.6) is 0 Å². The second kappa shape index (κ2) is 10.4. The lowest BCUT2D eigenvalue weighted by molar-refractivity contribution is -0.240. The zero-order valence-corrected chi connectivity index (χ0v) is 22.9. The minimum absolute atomic E-state index is 0.150. The minimum atomic E-state index is -1.40. The number of epoxide rings is 1. The van der Waals surface area contributed by atoms with Crippen molar-refractivity contribution >= 4 is 11.9 Å². The second-order valence-corrected chi connectivity index (χ2v) is 12.0. The lowest BCUT2D eigenvalue weighted by atomic mass is 9.51. The van der Waals surface area contributed by atoms with Crippen LogP contribution in [0, 0.1) is 16.7 Å². The third kappa shape index (κ3) is 4.59. The Balaban J connectivity index is 1.53. The van der Waals surface area contributed by atoms with Crippen LogP contribution in [0.3, 0.4) is 0 Å². The number of hydrogen-bond acceptors (Lipinski definition) is 10. The van der Waals surface area contributed by atoms with Gasteiger partial charge in [0.15, 0.2) is 6.10 Å². The van der Waals surface area contributed by atoms with Gasteiger partial charge in [0.05, 0.1) is 36.4 Å². The predicted octanol–water partition coefficient (Wildman–Crippen LogP) is 1.36. The van der Waals surface area contributed by atoms with Crippen LogP contribution in [0.1, 0.15) is 47.0 Å². The van der Waals surface area contributed by atoms with E-state index in [1.54, 1.807) is 26.0 Å². The van der Waals surface area contributed by atoms with Crippen LogP contribution >= 0.6 is 0 Å². The van der Waals surface area contributed by atoms with Gasteiger partial charge in [0, 0.05) is 24.5 Å². The summed E-state index contributed by atoms with van der Waals surface area (Å²) in [5.41, 5.74) is -1.79. The van der Waals surface area contributed by atoms with Crippen LogP contribution in [0.2, 0.25) is 0 Å². The van der Waals surface area contributed by atoms with Crippen molar-refractivity contribution < 1.29 is 48.6 Å². The highest BCUT2D eigenvalue weighted by atomic mass is 16.6. The van der Waals surface area contributed by atoms with Crippen LogP contribution in [0.25, 0.3) is 0 Å². The highest BCUT2D eigenvalue weighted by Gasteiger charge is 2.83. The molecule has 11 atom stereocenters. The van der Waals surface area contributed by atoms with E-state index in [1.807, 2.05) is 19.9 Å². The molecule has 5 aliphatic rings. The molecule has 39 heavy (non-hydrogen) atoms. The first-order chi connectivity index (χ1) is 18.4. The lowest BCUT2D eigenvalue weighted by Gasteiger charge is -2.58. The number of aliphatic hydroxyl groups is 3. The standard InChI is InChI=1S/C29H40O10/c1-16-9-10-35-20(18(3)30)7-5-6-8-24(32)39-21-12-23-29(15-37-29)27(21,4)28(14-36-26(34)25(16)33)13-19(31)17(2)11-22(28)38-23/h5-8,11,16,18-23,25,30-31,33H,9-10,12-15H2,1-4H3/b7-5?,8-6+. The van der Waals surface area contributed by atoms with Gasteiger partial charge in [-0.2, -0.15) is 0 Å². The number of rotatable bonds is 1. The van der Waals surface area contributed by atoms with Gasteiger partial charge in [-0.05, 0) is 38.2 Å². The molecule has 2 bridgehead atoms. The first-order valence-corrected chi connectivity index (χ1v) is 13.8. The van der Waals surface area contributed by atoms with E-state index >= 15 is 0 Å². The molecule has 0 amide bonds. The van der Waals surface area contributed by atoms with Crippen molar-refractivity contribution in [2.45, 2.75) is 95.3 Å². The van der Waals surface area contributed by atoms with Gasteiger partial charge >= 0.3 is 11.9 Å². The molecule has 0 aromatic carbocycles. The summed E-state index contributed by atoms with van der Waals surface area (Å²) < 4.78 is 30.2. The lowest BCUT2D eigenvalue weighted by Crippen LogP contribution is -2.68. The van der Waals surface area contributed by atoms with Crippen molar-refractivity contribution in [1.82, 2.24) is 0 Å². The smallest absolute Gasteiger partial charge is 0.335 e. The number of allylic oxidation sites excluding steroid dienone is 2. The Morgan fingerprint density at radius 3 is 2.56 bits per heavy atom. The third-order valence-corrected chi connectivity index (χ3v) is 9.83. The van der Waals surface area contributed by atoms with E-state index in [-0.39, 0.29) is 25.7 Å². The molecular weight excluding hydrogens is 508 g/mol. The summed E-state index contributed by atoms with van der Waals surface area (Å²) in [6, 6.07) is 0. The summed E-state index contributed by atoms with van der Waals surface area (Å²) in [7, 11) is 0. The molecule has 2 spiro atoms. The summed E-state index contributed by atoms with van der Waals surface area (Å²) in [5, 5.41) is 31.8. The Kier molecular flexibility index (Phi) is 7.58. The van der Waals surface area contributed by atoms with E-state index in [9.17, 15) is 24.9 Å². The second-order valence-electron chi connectivity index (χ2n) is 12.0. The fourth-order valence-electron chi connectivity index (χ4n) is 7.05. The van der Waals surface area contributed by atoms with Gasteiger partial charge in [0.1, 0.15) is 24.4 Å². The Bertz CT molecular complexity index is 1060. The Labute approximate surface area is 228 Å². The topological polar surface area (TPSA) is 144 Å². The Morgan fingerprint density at radius 2 is 1.87 bits per heavy atom. The largest absolute Gasteiger partial charge is 0.463 e. The molecule has 3 aliphatic heterocycles. The monoisotopic (exact) mass is 548 g/mol. The molecule has 10 heteroatoms. The van der Waals surface area contributed by atoms with Crippen LogP contribution < -0.4 is 0 Å². The number of carbonyl (C=O) groups is 2. The average molecular weight is 549 g/mol. The van der Waals surface area contributed by atoms with Crippen LogP contribution in [-0.4, -0.2) is 95.4 Å². The van der Waals surface area contributed by atoms with E-state index in [2.05, 4.69) is 0 Å². The first kappa shape index (κ1) is 28.4. The summed E-state index contributed by atoms with van der Waals surface area (Å²) in [5.74, 6) is -1.81. The number of hydrogen-bond donors (Lipinski definition) is 3. The number of aliphatic hydroxyl groups excluding tert-OH is 3. The van der Waals surface area contributed by atoms with Crippen molar-refractivity contribution in [3.63, 3.8) is 0 Å². The summed E-state index contributed by atoms with van der Waals surface area (Å²) in [6.45, 7) is 7.58. The zero-order valence-electron chi connectivity index (χ0n) is 22.9. The molecule has 3 heterocycles. The maximum atomic E-state index is 13.1. The summed E-state index contributed by atoms with van der Waals surface area (Å²) in [6.07, 6.45) is 3.82. The van der Waals surface area contributed by atoms with Crippen molar-refractivity contribution in [2.75, 3.05) is 19.8 Å². The van der Waals surface area contributed by atoms with E-state index in [0.29, 0.717) is 19.4 Å². The van der Waals surface area contributed by atoms with Crippen LogP contribution in [0.4, 0.5) is 0 Å². The maximum absolute atomic E-state index is 13.1. The molecule has 0 radical (unpaired) electrons. The van der Waals surface area contributed by atoms with Gasteiger partial charge in [0.2, 0.25) is 0 Å². The van der Waals surface area contributed by atoms with E-state index in [4.69, 9.17) is 23.7 Å². The molecule has 2 saturated heterocycles. The number of carbonyl (C=O) groups excluding carboxylic acids is 2. The number of cyclic esters (lactones) is 1. The molecule has 10 nitrogen and oxygen atoms in total. The third-order valence-electron chi connectivity index (χ3n) is 9.83. The quantitative estimate of drug-likeness (QED) is 0.250. The summed E-state index contributed by atoms with van der Waals surface area (Å²) >= 11 is 0. The Morgan fingerprint density at radius 1 is 1.13 bits per heavy atom. The van der Waals surface area contributed by atoms with Crippen LogP contribution in [0.15, 0.2) is 36.0 Å². The molecule has 11 unspecified atom stereocenters. The van der Waals surface area contributed by atoms with Gasteiger partial charge < -0.3 is 39.0 Å². The fraction of sp³-hybridized carbons (Fsp3) is 0.724. The van der Waals surface area contributed by atoms with Gasteiger partial charge in [-0.15, -0.1) is 0 Å². The fourth-order valence-corrected chi connectivity index (χ4v) is 7.05. The predicted molar refractivity (Wildman–Crippen MR) is 137 cm³/mol. The molecule has 5 rings (SSSR count). The molecular formula is C29H40O10. The van der Waals surface area contributed by atoms with Crippen molar-refractivity contribution in [3.05, 3.63) is 36.0 Å². The average Bonchev–Trinajstić information content (AvgIpc) is 3.67. The highest BCUT2D eigenvalue weighted by molar-refractivity contribution is 5.82. The number of ether oxygens (including phenoxy) is 5. The molecule has 216 valence electrons. The molecule has 1 saturated carbocycles.